The molecule has 1 heterocycles. The summed E-state index contributed by atoms with van der Waals surface area (Å²) in [4.78, 5) is 12.8. The van der Waals surface area contributed by atoms with Crippen LogP contribution in [0.25, 0.3) is 0 Å². The molecule has 0 bridgehead atoms. The fraction of sp³-hybridized carbons (Fsp3) is 0.409. The quantitative estimate of drug-likeness (QED) is 0.704. The number of hydrogen-bond donors (Lipinski definition) is 1. The second kappa shape index (κ2) is 9.41. The molecule has 1 N–H and O–H groups in total. The normalized spacial score (nSPS) is 17.7. The van der Waals surface area contributed by atoms with E-state index in [2.05, 4.69) is 5.32 Å². The Bertz CT molecular complexity index is 945. The van der Waals surface area contributed by atoms with Gasteiger partial charge in [-0.05, 0) is 56.0 Å². The molecule has 156 valence electrons. The summed E-state index contributed by atoms with van der Waals surface area (Å²) < 4.78 is 32.8. The van der Waals surface area contributed by atoms with Gasteiger partial charge in [0.15, 0.2) is 0 Å². The second-order valence-corrected chi connectivity index (χ2v) is 9.29. The summed E-state index contributed by atoms with van der Waals surface area (Å²) in [5, 5.41) is 2.88. The Hall–Kier alpha value is -2.38. The summed E-state index contributed by atoms with van der Waals surface area (Å²) in [5.41, 5.74) is 2.25. The van der Waals surface area contributed by atoms with Crippen LogP contribution in [0.1, 0.15) is 24.0 Å². The van der Waals surface area contributed by atoms with E-state index in [0.29, 0.717) is 32.5 Å². The summed E-state index contributed by atoms with van der Waals surface area (Å²) in [6.07, 6.45) is 1.35. The first-order chi connectivity index (χ1) is 13.9. The molecular weight excluding hydrogens is 388 g/mol. The monoisotopic (exact) mass is 416 g/mol. The molecule has 2 aromatic carbocycles. The zero-order chi connectivity index (χ0) is 20.9. The van der Waals surface area contributed by atoms with Crippen molar-refractivity contribution in [2.75, 3.05) is 26.2 Å². The number of hydrogen-bond acceptors (Lipinski definition) is 4. The van der Waals surface area contributed by atoms with Gasteiger partial charge in [0, 0.05) is 13.1 Å². The van der Waals surface area contributed by atoms with E-state index < -0.39 is 10.0 Å². The lowest BCUT2D eigenvalue weighted by molar-refractivity contribution is -0.126. The third-order valence-corrected chi connectivity index (χ3v) is 7.23. The van der Waals surface area contributed by atoms with E-state index in [9.17, 15) is 13.2 Å². The number of aryl methyl sites for hydroxylation is 1. The average Bonchev–Trinajstić information content (AvgIpc) is 2.74. The summed E-state index contributed by atoms with van der Waals surface area (Å²) >= 11 is 0. The van der Waals surface area contributed by atoms with Crippen LogP contribution in [0.5, 0.6) is 5.75 Å². The van der Waals surface area contributed by atoms with Crippen molar-refractivity contribution in [3.63, 3.8) is 0 Å². The Labute approximate surface area is 172 Å². The molecule has 2 aromatic rings. The minimum Gasteiger partial charge on any atom is -0.491 e. The molecule has 1 fully saturated rings. The van der Waals surface area contributed by atoms with Crippen molar-refractivity contribution in [2.45, 2.75) is 31.6 Å². The number of amides is 1. The summed E-state index contributed by atoms with van der Waals surface area (Å²) in [6.45, 7) is 5.44. The molecule has 1 aliphatic heterocycles. The Morgan fingerprint density at radius 1 is 1.14 bits per heavy atom. The van der Waals surface area contributed by atoms with Gasteiger partial charge in [-0.2, -0.15) is 4.31 Å². The van der Waals surface area contributed by atoms with Crippen molar-refractivity contribution in [1.29, 1.82) is 0 Å². The van der Waals surface area contributed by atoms with Crippen molar-refractivity contribution in [1.82, 2.24) is 9.62 Å². The van der Waals surface area contributed by atoms with Gasteiger partial charge in [0.25, 0.3) is 0 Å². The molecule has 0 aliphatic carbocycles. The minimum absolute atomic E-state index is 0.123. The molecule has 6 nitrogen and oxygen atoms in total. The zero-order valence-corrected chi connectivity index (χ0v) is 17.7. The largest absolute Gasteiger partial charge is 0.491 e. The van der Waals surface area contributed by atoms with Crippen LogP contribution in [0, 0.1) is 19.8 Å². The summed E-state index contributed by atoms with van der Waals surface area (Å²) in [7, 11) is -3.57. The number of sulfonamides is 1. The Morgan fingerprint density at radius 3 is 2.66 bits per heavy atom. The van der Waals surface area contributed by atoms with Crippen LogP contribution in [0.3, 0.4) is 0 Å². The first-order valence-corrected chi connectivity index (χ1v) is 11.4. The van der Waals surface area contributed by atoms with E-state index >= 15 is 0 Å². The minimum atomic E-state index is -3.57. The molecule has 1 amide bonds. The van der Waals surface area contributed by atoms with E-state index in [1.807, 2.05) is 32.0 Å². The lowest BCUT2D eigenvalue weighted by atomic mass is 9.99. The van der Waals surface area contributed by atoms with Crippen LogP contribution >= 0.6 is 0 Å². The van der Waals surface area contributed by atoms with Crippen LogP contribution in [-0.2, 0) is 14.8 Å². The predicted molar refractivity (Wildman–Crippen MR) is 112 cm³/mol. The number of rotatable bonds is 7. The maximum Gasteiger partial charge on any atom is 0.243 e. The molecule has 0 saturated carbocycles. The predicted octanol–water partition coefficient (Wildman–Crippen LogP) is 2.90. The van der Waals surface area contributed by atoms with E-state index in [-0.39, 0.29) is 23.3 Å². The number of carbonyl (C=O) groups excluding carboxylic acids is 1. The van der Waals surface area contributed by atoms with Gasteiger partial charge in [-0.3, -0.25) is 4.79 Å². The standard InChI is InChI=1S/C22H28N2O4S/c1-17-8-6-12-21(18(17)2)28-15-13-23-22(25)19-9-7-14-24(16-19)29(26,27)20-10-4-3-5-11-20/h3-6,8,10-12,19H,7,9,13-16H2,1-2H3,(H,23,25)/t19-/m0/s1. The third kappa shape index (κ3) is 5.16. The topological polar surface area (TPSA) is 75.7 Å². The van der Waals surface area contributed by atoms with E-state index in [4.69, 9.17) is 4.74 Å². The number of benzene rings is 2. The maximum atomic E-state index is 12.8. The second-order valence-electron chi connectivity index (χ2n) is 7.35. The summed E-state index contributed by atoms with van der Waals surface area (Å²) in [5.74, 6) is 0.350. The highest BCUT2D eigenvalue weighted by atomic mass is 32.2. The lowest BCUT2D eigenvalue weighted by Crippen LogP contribution is -2.45. The summed E-state index contributed by atoms with van der Waals surface area (Å²) in [6, 6.07) is 14.3. The molecule has 3 rings (SSSR count). The van der Waals surface area contributed by atoms with Crippen LogP contribution in [0.15, 0.2) is 53.4 Å². The molecule has 1 atom stereocenters. The smallest absolute Gasteiger partial charge is 0.243 e. The van der Waals surface area contributed by atoms with Gasteiger partial charge in [0.2, 0.25) is 15.9 Å². The molecule has 0 aromatic heterocycles. The fourth-order valence-electron chi connectivity index (χ4n) is 3.48. The highest BCUT2D eigenvalue weighted by molar-refractivity contribution is 7.89. The van der Waals surface area contributed by atoms with Gasteiger partial charge >= 0.3 is 0 Å². The van der Waals surface area contributed by atoms with Crippen molar-refractivity contribution in [3.05, 3.63) is 59.7 Å². The van der Waals surface area contributed by atoms with Crippen LogP contribution in [0.4, 0.5) is 0 Å². The molecule has 1 saturated heterocycles. The van der Waals surface area contributed by atoms with Gasteiger partial charge in [-0.15, -0.1) is 0 Å². The molecule has 0 radical (unpaired) electrons. The van der Waals surface area contributed by atoms with Gasteiger partial charge in [0.1, 0.15) is 12.4 Å². The van der Waals surface area contributed by atoms with Gasteiger partial charge in [0.05, 0.1) is 17.4 Å². The van der Waals surface area contributed by atoms with Gasteiger partial charge in [-0.1, -0.05) is 30.3 Å². The number of piperidine rings is 1. The van der Waals surface area contributed by atoms with Crippen LogP contribution in [0.2, 0.25) is 0 Å². The lowest BCUT2D eigenvalue weighted by Gasteiger charge is -2.31. The number of ether oxygens (including phenoxy) is 1. The van der Waals surface area contributed by atoms with Gasteiger partial charge in [-0.25, -0.2) is 8.42 Å². The average molecular weight is 417 g/mol. The van der Waals surface area contributed by atoms with Crippen molar-refractivity contribution >= 4 is 15.9 Å². The van der Waals surface area contributed by atoms with E-state index in [1.54, 1.807) is 30.3 Å². The number of nitrogens with zero attached hydrogens (tertiary/aromatic N) is 1. The fourth-order valence-corrected chi connectivity index (χ4v) is 5.02. The maximum absolute atomic E-state index is 12.8. The number of carbonyl (C=O) groups is 1. The van der Waals surface area contributed by atoms with Crippen LogP contribution in [-0.4, -0.2) is 44.9 Å². The third-order valence-electron chi connectivity index (χ3n) is 5.35. The molecule has 0 unspecified atom stereocenters. The molecule has 7 heteroatoms. The van der Waals surface area contributed by atoms with Gasteiger partial charge < -0.3 is 10.1 Å². The van der Waals surface area contributed by atoms with Crippen molar-refractivity contribution < 1.29 is 17.9 Å². The SMILES string of the molecule is Cc1cccc(OCCNC(=O)[C@H]2CCCN(S(=O)(=O)c3ccccc3)C2)c1C. The highest BCUT2D eigenvalue weighted by Gasteiger charge is 2.33. The Kier molecular flexibility index (Phi) is 6.92. The highest BCUT2D eigenvalue weighted by Crippen LogP contribution is 2.24. The first kappa shape index (κ1) is 21.3. The Morgan fingerprint density at radius 2 is 1.90 bits per heavy atom. The number of nitrogens with one attached hydrogen (secondary N) is 1. The van der Waals surface area contributed by atoms with Crippen LogP contribution < -0.4 is 10.1 Å². The molecule has 1 aliphatic rings. The van der Waals surface area contributed by atoms with Crippen molar-refractivity contribution in [2.24, 2.45) is 5.92 Å². The molecule has 29 heavy (non-hydrogen) atoms. The molecule has 0 spiro atoms. The van der Waals surface area contributed by atoms with E-state index in [0.717, 1.165) is 16.9 Å². The van der Waals surface area contributed by atoms with Crippen molar-refractivity contribution in [3.8, 4) is 5.75 Å². The zero-order valence-electron chi connectivity index (χ0n) is 16.9. The first-order valence-electron chi connectivity index (χ1n) is 9.91. The van der Waals surface area contributed by atoms with E-state index in [1.165, 1.54) is 4.31 Å². The molecular formula is C22H28N2O4S. The Balaban J connectivity index is 1.51.